The molecule has 1 aliphatic heterocycles. The first-order valence-corrected chi connectivity index (χ1v) is 6.13. The Morgan fingerprint density at radius 2 is 2.05 bits per heavy atom. The van der Waals surface area contributed by atoms with E-state index in [0.717, 1.165) is 17.6 Å². The van der Waals surface area contributed by atoms with Gasteiger partial charge in [-0.1, -0.05) is 30.3 Å². The summed E-state index contributed by atoms with van der Waals surface area (Å²) in [5.74, 6) is -0.669. The number of imide groups is 1. The lowest BCUT2D eigenvalue weighted by atomic mass is 10.1. The standard InChI is InChI=1S/C13H14N2O6/c1-20-13(19)14-7-10(11(14)16)15(12(17)18)21-8-9-5-3-2-4-6-9/h2-6,10H,7-8H2,1H3,(H,17,18). The molecule has 1 fully saturated rings. The number of amides is 3. The second-order valence-corrected chi connectivity index (χ2v) is 4.30. The molecule has 0 aromatic heterocycles. The smallest absolute Gasteiger partial charge is 0.432 e. The molecule has 1 aromatic rings. The largest absolute Gasteiger partial charge is 0.463 e. The van der Waals surface area contributed by atoms with Crippen molar-refractivity contribution in [2.75, 3.05) is 13.7 Å². The number of methoxy groups -OCH3 is 1. The van der Waals surface area contributed by atoms with Gasteiger partial charge in [0.1, 0.15) is 6.61 Å². The lowest BCUT2D eigenvalue weighted by Gasteiger charge is -2.39. The zero-order valence-electron chi connectivity index (χ0n) is 11.3. The van der Waals surface area contributed by atoms with Crippen molar-refractivity contribution in [3.8, 4) is 0 Å². The quantitative estimate of drug-likeness (QED) is 0.659. The zero-order chi connectivity index (χ0) is 15.4. The molecule has 0 saturated carbocycles. The van der Waals surface area contributed by atoms with E-state index in [1.807, 2.05) is 6.07 Å². The fourth-order valence-corrected chi connectivity index (χ4v) is 1.85. The summed E-state index contributed by atoms with van der Waals surface area (Å²) in [5.41, 5.74) is 0.764. The minimum absolute atomic E-state index is 0.00907. The van der Waals surface area contributed by atoms with Gasteiger partial charge in [-0.25, -0.2) is 14.5 Å². The van der Waals surface area contributed by atoms with Crippen molar-refractivity contribution in [3.63, 3.8) is 0 Å². The Hall–Kier alpha value is -2.61. The van der Waals surface area contributed by atoms with Crippen LogP contribution in [-0.4, -0.2) is 52.9 Å². The molecule has 21 heavy (non-hydrogen) atoms. The zero-order valence-corrected chi connectivity index (χ0v) is 11.3. The molecule has 1 aliphatic rings. The first-order chi connectivity index (χ1) is 10.0. The molecular weight excluding hydrogens is 280 g/mol. The molecule has 1 heterocycles. The van der Waals surface area contributed by atoms with Crippen LogP contribution >= 0.6 is 0 Å². The maximum atomic E-state index is 11.8. The van der Waals surface area contributed by atoms with Crippen molar-refractivity contribution in [1.29, 1.82) is 0 Å². The molecule has 0 aliphatic carbocycles. The molecule has 2 rings (SSSR count). The number of rotatable bonds is 4. The summed E-state index contributed by atoms with van der Waals surface area (Å²) in [6.07, 6.45) is -2.21. The Balaban J connectivity index is 1.96. The van der Waals surface area contributed by atoms with Gasteiger partial charge in [-0.05, 0) is 5.56 Å². The fraction of sp³-hybridized carbons (Fsp3) is 0.308. The number of carbonyl (C=O) groups excluding carboxylic acids is 2. The average Bonchev–Trinajstić information content (AvgIpc) is 2.49. The van der Waals surface area contributed by atoms with Crippen LogP contribution in [0.4, 0.5) is 9.59 Å². The SMILES string of the molecule is COC(=O)N1CC(N(OCc2ccccc2)C(=O)O)C1=O. The third-order valence-electron chi connectivity index (χ3n) is 2.99. The van der Waals surface area contributed by atoms with Crippen molar-refractivity contribution in [1.82, 2.24) is 9.96 Å². The number of likely N-dealkylation sites (tertiary alicyclic amines) is 1. The number of carboxylic acid groups (broad SMARTS) is 1. The van der Waals surface area contributed by atoms with Crippen molar-refractivity contribution < 1.29 is 29.1 Å². The first kappa shape index (κ1) is 14.8. The van der Waals surface area contributed by atoms with Crippen molar-refractivity contribution in [2.24, 2.45) is 0 Å². The Labute approximate surface area is 120 Å². The number of nitrogens with zero attached hydrogens (tertiary/aromatic N) is 2. The lowest BCUT2D eigenvalue weighted by molar-refractivity contribution is -0.197. The van der Waals surface area contributed by atoms with E-state index in [-0.39, 0.29) is 13.2 Å². The minimum atomic E-state index is -1.39. The number of β-lactam (4-membered cyclic amide) rings is 1. The summed E-state index contributed by atoms with van der Waals surface area (Å²) in [5, 5.41) is 9.66. The van der Waals surface area contributed by atoms with Crippen LogP contribution in [0.25, 0.3) is 0 Å². The molecule has 1 atom stereocenters. The fourth-order valence-electron chi connectivity index (χ4n) is 1.85. The van der Waals surface area contributed by atoms with Crippen molar-refractivity contribution in [3.05, 3.63) is 35.9 Å². The molecule has 1 unspecified atom stereocenters. The molecule has 112 valence electrons. The van der Waals surface area contributed by atoms with Gasteiger partial charge >= 0.3 is 12.2 Å². The van der Waals surface area contributed by atoms with E-state index in [1.165, 1.54) is 0 Å². The van der Waals surface area contributed by atoms with E-state index in [1.54, 1.807) is 24.3 Å². The van der Waals surface area contributed by atoms with Crippen LogP contribution < -0.4 is 0 Å². The lowest BCUT2D eigenvalue weighted by Crippen LogP contribution is -2.66. The normalized spacial score (nSPS) is 17.1. The Kier molecular flexibility index (Phi) is 4.39. The minimum Gasteiger partial charge on any atom is -0.463 e. The second-order valence-electron chi connectivity index (χ2n) is 4.30. The summed E-state index contributed by atoms with van der Waals surface area (Å²) in [6.45, 7) is -0.0816. The molecule has 3 amide bonds. The van der Waals surface area contributed by atoms with Crippen molar-refractivity contribution >= 4 is 18.1 Å². The summed E-state index contributed by atoms with van der Waals surface area (Å²) >= 11 is 0. The van der Waals surface area contributed by atoms with Crippen LogP contribution in [0.1, 0.15) is 5.56 Å². The van der Waals surface area contributed by atoms with Gasteiger partial charge in [-0.15, -0.1) is 0 Å². The number of hydroxylamine groups is 2. The summed E-state index contributed by atoms with van der Waals surface area (Å²) < 4.78 is 4.40. The van der Waals surface area contributed by atoms with Crippen LogP contribution in [0.5, 0.6) is 0 Å². The van der Waals surface area contributed by atoms with Crippen LogP contribution in [0.15, 0.2) is 30.3 Å². The number of carbonyl (C=O) groups is 3. The number of hydrogen-bond donors (Lipinski definition) is 1. The van der Waals surface area contributed by atoms with Gasteiger partial charge in [0.2, 0.25) is 0 Å². The Morgan fingerprint density at radius 3 is 2.57 bits per heavy atom. The molecule has 8 heteroatoms. The summed E-state index contributed by atoms with van der Waals surface area (Å²) in [7, 11) is 1.14. The highest BCUT2D eigenvalue weighted by Gasteiger charge is 2.48. The number of benzene rings is 1. The van der Waals surface area contributed by atoms with Gasteiger partial charge in [0, 0.05) is 0 Å². The molecule has 0 spiro atoms. The third kappa shape index (κ3) is 3.11. The van der Waals surface area contributed by atoms with Gasteiger partial charge in [0.25, 0.3) is 5.91 Å². The molecular formula is C13H14N2O6. The van der Waals surface area contributed by atoms with E-state index in [2.05, 4.69) is 4.74 Å². The second kappa shape index (κ2) is 6.23. The maximum Gasteiger partial charge on any atom is 0.432 e. The van der Waals surface area contributed by atoms with Gasteiger partial charge < -0.3 is 9.84 Å². The maximum absolute atomic E-state index is 11.8. The molecule has 1 saturated heterocycles. The monoisotopic (exact) mass is 294 g/mol. The highest BCUT2D eigenvalue weighted by molar-refractivity contribution is 6.01. The van der Waals surface area contributed by atoms with Crippen LogP contribution in [0.3, 0.4) is 0 Å². The Bertz CT molecular complexity index is 547. The molecule has 1 N–H and O–H groups in total. The molecule has 0 bridgehead atoms. The van der Waals surface area contributed by atoms with Crippen LogP contribution in [0.2, 0.25) is 0 Å². The summed E-state index contributed by atoms with van der Waals surface area (Å²) in [4.78, 5) is 40.1. The van der Waals surface area contributed by atoms with Gasteiger partial charge in [-0.2, -0.15) is 5.06 Å². The Morgan fingerprint density at radius 1 is 1.38 bits per heavy atom. The van der Waals surface area contributed by atoms with Crippen LogP contribution in [-0.2, 0) is 21.0 Å². The molecule has 8 nitrogen and oxygen atoms in total. The van der Waals surface area contributed by atoms with E-state index in [9.17, 15) is 14.4 Å². The van der Waals surface area contributed by atoms with Gasteiger partial charge in [-0.3, -0.25) is 9.63 Å². The topological polar surface area (TPSA) is 96.4 Å². The summed E-state index contributed by atoms with van der Waals surface area (Å²) in [6, 6.07) is 7.90. The predicted octanol–water partition coefficient (Wildman–Crippen LogP) is 1.08. The van der Waals surface area contributed by atoms with Crippen molar-refractivity contribution in [2.45, 2.75) is 12.6 Å². The van der Waals surface area contributed by atoms with E-state index in [0.29, 0.717) is 5.06 Å². The number of ether oxygens (including phenoxy) is 1. The van der Waals surface area contributed by atoms with E-state index >= 15 is 0 Å². The predicted molar refractivity (Wildman–Crippen MR) is 69.0 cm³/mol. The third-order valence-corrected chi connectivity index (χ3v) is 2.99. The van der Waals surface area contributed by atoms with Crippen LogP contribution in [0, 0.1) is 0 Å². The average molecular weight is 294 g/mol. The van der Waals surface area contributed by atoms with Gasteiger partial charge in [0.05, 0.1) is 13.7 Å². The van der Waals surface area contributed by atoms with Gasteiger partial charge in [0.15, 0.2) is 6.04 Å². The highest BCUT2D eigenvalue weighted by atomic mass is 16.7. The molecule has 0 radical (unpaired) electrons. The van der Waals surface area contributed by atoms with E-state index in [4.69, 9.17) is 9.94 Å². The molecule has 1 aromatic carbocycles. The first-order valence-electron chi connectivity index (χ1n) is 6.13. The van der Waals surface area contributed by atoms with E-state index < -0.39 is 24.1 Å². The highest BCUT2D eigenvalue weighted by Crippen LogP contribution is 2.19. The number of hydrogen-bond acceptors (Lipinski definition) is 5.